The molecule has 0 bridgehead atoms. The highest BCUT2D eigenvalue weighted by Gasteiger charge is 2.49. The van der Waals surface area contributed by atoms with Crippen LogP contribution in [0.3, 0.4) is 0 Å². The van der Waals surface area contributed by atoms with Gasteiger partial charge in [0.1, 0.15) is 12.4 Å². The van der Waals surface area contributed by atoms with E-state index in [0.29, 0.717) is 35.5 Å². The number of hydrogen-bond acceptors (Lipinski definition) is 9. The molecule has 2 N–H and O–H groups in total. The molecule has 2 heterocycles. The Kier molecular flexibility index (Phi) is 9.06. The van der Waals surface area contributed by atoms with Crippen LogP contribution in [-0.2, 0) is 37.0 Å². The van der Waals surface area contributed by atoms with Gasteiger partial charge in [0.25, 0.3) is 10.1 Å². The molecule has 1 aliphatic carbocycles. The summed E-state index contributed by atoms with van der Waals surface area (Å²) < 4.78 is 48.7. The van der Waals surface area contributed by atoms with Crippen LogP contribution < -0.4 is 5.73 Å². The van der Waals surface area contributed by atoms with Gasteiger partial charge >= 0.3 is 0 Å². The maximum Gasteiger partial charge on any atom is 0.297 e. The van der Waals surface area contributed by atoms with Crippen LogP contribution in [-0.4, -0.2) is 46.8 Å². The maximum atomic E-state index is 13.8. The van der Waals surface area contributed by atoms with Crippen LogP contribution in [0.15, 0.2) is 101 Å². The van der Waals surface area contributed by atoms with Gasteiger partial charge in [-0.15, -0.1) is 0 Å². The lowest BCUT2D eigenvalue weighted by Crippen LogP contribution is -2.35. The van der Waals surface area contributed by atoms with Crippen molar-refractivity contribution in [2.75, 3.05) is 12.3 Å². The number of ether oxygens (including phenoxy) is 2. The maximum absolute atomic E-state index is 13.8. The second kappa shape index (κ2) is 13.1. The number of nitrogen functional groups attached to an aromatic ring is 1. The molecular weight excluding hydrogens is 646 g/mol. The fourth-order valence-electron chi connectivity index (χ4n) is 5.59. The van der Waals surface area contributed by atoms with Gasteiger partial charge in [0.15, 0.2) is 21.7 Å². The Labute approximate surface area is 264 Å². The summed E-state index contributed by atoms with van der Waals surface area (Å²) in [5.74, 6) is -0.243. The molecule has 2 aromatic heterocycles. The third-order valence-corrected chi connectivity index (χ3v) is 9.71. The van der Waals surface area contributed by atoms with E-state index >= 15 is 0 Å². The molecular formula is C32H32BrN5O5S. The van der Waals surface area contributed by atoms with Gasteiger partial charge in [-0.1, -0.05) is 78.4 Å². The van der Waals surface area contributed by atoms with Gasteiger partial charge in [0, 0.05) is 5.92 Å². The monoisotopic (exact) mass is 677 g/mol. The molecule has 1 fully saturated rings. The molecule has 0 aliphatic heterocycles. The van der Waals surface area contributed by atoms with Crippen LogP contribution in [0.25, 0.3) is 11.2 Å². The predicted octanol–water partition coefficient (Wildman–Crippen LogP) is 5.62. The summed E-state index contributed by atoms with van der Waals surface area (Å²) in [5, 5.41) is 0. The second-order valence-electron chi connectivity index (χ2n) is 10.8. The molecule has 10 nitrogen and oxygen atoms in total. The highest BCUT2D eigenvalue weighted by Crippen LogP contribution is 2.44. The van der Waals surface area contributed by atoms with Crippen LogP contribution in [0.5, 0.6) is 0 Å². The highest BCUT2D eigenvalue weighted by molar-refractivity contribution is 9.10. The smallest absolute Gasteiger partial charge is 0.297 e. The minimum atomic E-state index is -4.18. The summed E-state index contributed by atoms with van der Waals surface area (Å²) >= 11 is 3.56. The first-order chi connectivity index (χ1) is 21.3. The Hall–Kier alpha value is -3.68. The van der Waals surface area contributed by atoms with E-state index in [2.05, 4.69) is 30.9 Å². The third-order valence-electron chi connectivity index (χ3n) is 7.82. The molecule has 5 aromatic rings. The lowest BCUT2D eigenvalue weighted by Gasteiger charge is -2.27. The van der Waals surface area contributed by atoms with Gasteiger partial charge in [-0.2, -0.15) is 8.42 Å². The molecule has 0 spiro atoms. The van der Waals surface area contributed by atoms with Gasteiger partial charge in [0.2, 0.25) is 0 Å². The Bertz CT molecular complexity index is 1820. The number of fused-ring (bicyclic) bond motifs is 1. The first-order valence-corrected chi connectivity index (χ1v) is 16.4. The number of nitrogens with two attached hydrogens (primary N) is 1. The SMILES string of the molecule is Cc1ccc(S(=O)(=O)O[C@H]2[C@H](COCc3ccccc3)[C@@H](OCc3ccccc3)C[C@@H]2n2c(Br)nc3c(N)ncnc32)cc1. The van der Waals surface area contributed by atoms with Crippen LogP contribution >= 0.6 is 15.9 Å². The number of hydrogen-bond donors (Lipinski definition) is 1. The lowest BCUT2D eigenvalue weighted by molar-refractivity contribution is -0.0411. The van der Waals surface area contributed by atoms with Crippen molar-refractivity contribution in [2.24, 2.45) is 5.92 Å². The molecule has 0 unspecified atom stereocenters. The van der Waals surface area contributed by atoms with Crippen molar-refractivity contribution in [1.82, 2.24) is 19.5 Å². The Morgan fingerprint density at radius 3 is 2.27 bits per heavy atom. The molecule has 44 heavy (non-hydrogen) atoms. The van der Waals surface area contributed by atoms with Crippen LogP contribution in [0.1, 0.15) is 29.2 Å². The largest absolute Gasteiger partial charge is 0.382 e. The van der Waals surface area contributed by atoms with Gasteiger partial charge in [-0.25, -0.2) is 15.0 Å². The van der Waals surface area contributed by atoms with Crippen molar-refractivity contribution < 1.29 is 22.1 Å². The van der Waals surface area contributed by atoms with Crippen molar-refractivity contribution in [3.63, 3.8) is 0 Å². The molecule has 228 valence electrons. The van der Waals surface area contributed by atoms with Crippen molar-refractivity contribution in [2.45, 2.75) is 49.7 Å². The molecule has 3 aromatic carbocycles. The highest BCUT2D eigenvalue weighted by atomic mass is 79.9. The van der Waals surface area contributed by atoms with E-state index in [1.807, 2.05) is 72.2 Å². The molecule has 1 saturated carbocycles. The summed E-state index contributed by atoms with van der Waals surface area (Å²) in [4.78, 5) is 13.2. The summed E-state index contributed by atoms with van der Waals surface area (Å²) in [7, 11) is -4.18. The summed E-state index contributed by atoms with van der Waals surface area (Å²) in [6, 6.07) is 25.7. The summed E-state index contributed by atoms with van der Waals surface area (Å²) in [5.41, 5.74) is 9.94. The molecule has 0 saturated heterocycles. The van der Waals surface area contributed by atoms with E-state index in [9.17, 15) is 8.42 Å². The molecule has 0 radical (unpaired) electrons. The van der Waals surface area contributed by atoms with Crippen molar-refractivity contribution in [1.29, 1.82) is 0 Å². The molecule has 12 heteroatoms. The standard InChI is InChI=1S/C32H32BrN5O5S/c1-21-12-14-24(15-13-21)44(39,40)43-29-25(19-41-17-22-8-4-2-5-9-22)27(42-18-23-10-6-3-7-11-23)16-26(29)38-31-28(37-32(38)33)30(34)35-20-36-31/h2-15,20,25-27,29H,16-19H2,1H3,(H2,34,35,36)/t25-,26+,27+,29+/m1/s1. The fourth-order valence-corrected chi connectivity index (χ4v) is 7.34. The van der Waals surface area contributed by atoms with Crippen molar-refractivity contribution >= 4 is 43.0 Å². The van der Waals surface area contributed by atoms with E-state index in [1.165, 1.54) is 6.33 Å². The van der Waals surface area contributed by atoms with E-state index in [4.69, 9.17) is 19.4 Å². The van der Waals surface area contributed by atoms with Gasteiger partial charge in [-0.3, -0.25) is 8.75 Å². The quantitative estimate of drug-likeness (QED) is 0.140. The fraction of sp³-hybridized carbons (Fsp3) is 0.281. The van der Waals surface area contributed by atoms with E-state index < -0.39 is 34.3 Å². The van der Waals surface area contributed by atoms with E-state index in [0.717, 1.165) is 16.7 Å². The number of aromatic nitrogens is 4. The Balaban J connectivity index is 1.39. The van der Waals surface area contributed by atoms with Gasteiger partial charge in [-0.05, 0) is 52.5 Å². The molecule has 0 amide bonds. The van der Waals surface area contributed by atoms with Gasteiger partial charge in [0.05, 0.1) is 36.9 Å². The lowest BCUT2D eigenvalue weighted by atomic mass is 10.0. The number of nitrogens with zero attached hydrogens (tertiary/aromatic N) is 4. The number of imidazole rings is 1. The van der Waals surface area contributed by atoms with E-state index in [1.54, 1.807) is 24.3 Å². The minimum Gasteiger partial charge on any atom is -0.382 e. The molecule has 4 atom stereocenters. The van der Waals surface area contributed by atoms with Gasteiger partial charge < -0.3 is 15.2 Å². The average Bonchev–Trinajstić information content (AvgIpc) is 3.53. The molecule has 1 aliphatic rings. The normalized spacial score (nSPS) is 20.3. The number of rotatable bonds is 11. The summed E-state index contributed by atoms with van der Waals surface area (Å²) in [6.45, 7) is 2.78. The Morgan fingerprint density at radius 1 is 0.932 bits per heavy atom. The average molecular weight is 679 g/mol. The first kappa shape index (κ1) is 30.4. The third kappa shape index (κ3) is 6.54. The molecule has 6 rings (SSSR count). The zero-order chi connectivity index (χ0) is 30.7. The first-order valence-electron chi connectivity index (χ1n) is 14.2. The summed E-state index contributed by atoms with van der Waals surface area (Å²) in [6.07, 6.45) is 0.467. The second-order valence-corrected chi connectivity index (χ2v) is 13.1. The number of halogens is 1. The minimum absolute atomic E-state index is 0.0700. The number of benzene rings is 3. The topological polar surface area (TPSA) is 131 Å². The predicted molar refractivity (Wildman–Crippen MR) is 169 cm³/mol. The van der Waals surface area contributed by atoms with Crippen LogP contribution in [0.2, 0.25) is 0 Å². The zero-order valence-electron chi connectivity index (χ0n) is 24.0. The van der Waals surface area contributed by atoms with Crippen molar-refractivity contribution in [3.8, 4) is 0 Å². The Morgan fingerprint density at radius 2 is 1.59 bits per heavy atom. The zero-order valence-corrected chi connectivity index (χ0v) is 26.4. The number of aryl methyl sites for hydroxylation is 1. The number of anilines is 1. The van der Waals surface area contributed by atoms with Crippen molar-refractivity contribution in [3.05, 3.63) is 113 Å². The van der Waals surface area contributed by atoms with E-state index in [-0.39, 0.29) is 17.3 Å². The van der Waals surface area contributed by atoms with Crippen LogP contribution in [0, 0.1) is 12.8 Å². The van der Waals surface area contributed by atoms with Crippen LogP contribution in [0.4, 0.5) is 5.82 Å².